The predicted octanol–water partition coefficient (Wildman–Crippen LogP) is 4.66. The Kier molecular flexibility index (Phi) is 10.9. The van der Waals surface area contributed by atoms with Crippen LogP contribution >= 0.6 is 46.7 Å². The topological polar surface area (TPSA) is 52.6 Å². The Morgan fingerprint density at radius 3 is 2.66 bits per heavy atom. The maximum Gasteiger partial charge on any atom is 0.191 e. The standard InChI is InChI=1S/C21H33N5S2.HI/c1-4-20-25-18(15-27-20)14-26-10-8-17(9-11-26)12-23-21(22-5-2)24-13-19-7-6-16(3)28-19;/h6-7,15,17H,4-5,8-14H2,1-3H3,(H2,22,23,24);1H. The molecular formula is C21H34IN5S2. The van der Waals surface area contributed by atoms with Crippen LogP contribution in [0.25, 0.3) is 0 Å². The van der Waals surface area contributed by atoms with E-state index in [-0.39, 0.29) is 24.0 Å². The molecule has 5 nitrogen and oxygen atoms in total. The van der Waals surface area contributed by atoms with Crippen molar-refractivity contribution in [1.82, 2.24) is 20.5 Å². The number of aryl methyl sites for hydroxylation is 2. The van der Waals surface area contributed by atoms with E-state index in [1.165, 1.54) is 33.3 Å². The minimum Gasteiger partial charge on any atom is -0.357 e. The summed E-state index contributed by atoms with van der Waals surface area (Å²) in [6, 6.07) is 4.34. The highest BCUT2D eigenvalue weighted by atomic mass is 127. The van der Waals surface area contributed by atoms with E-state index in [1.807, 2.05) is 11.3 Å². The number of hydrogen-bond donors (Lipinski definition) is 2. The molecule has 162 valence electrons. The first kappa shape index (κ1) is 24.6. The SMILES string of the molecule is CCNC(=NCc1ccc(C)s1)NCC1CCN(Cc2csc(CC)n2)CC1.I. The number of likely N-dealkylation sites (tertiary alicyclic amines) is 1. The molecule has 2 aromatic heterocycles. The fourth-order valence-corrected chi connectivity index (χ4v) is 5.02. The molecule has 3 heterocycles. The van der Waals surface area contributed by atoms with Gasteiger partial charge in [0.25, 0.3) is 0 Å². The predicted molar refractivity (Wildman–Crippen MR) is 137 cm³/mol. The first-order chi connectivity index (χ1) is 13.7. The Morgan fingerprint density at radius 2 is 2.03 bits per heavy atom. The van der Waals surface area contributed by atoms with Crippen molar-refractivity contribution in [3.05, 3.63) is 38.0 Å². The molecule has 0 bridgehead atoms. The van der Waals surface area contributed by atoms with Gasteiger partial charge in [-0.3, -0.25) is 4.90 Å². The molecule has 0 aliphatic carbocycles. The minimum atomic E-state index is 0. The number of aromatic nitrogens is 1. The van der Waals surface area contributed by atoms with Crippen molar-refractivity contribution in [3.63, 3.8) is 0 Å². The van der Waals surface area contributed by atoms with Crippen LogP contribution in [0.15, 0.2) is 22.5 Å². The van der Waals surface area contributed by atoms with Crippen LogP contribution in [-0.2, 0) is 19.5 Å². The molecule has 0 amide bonds. The summed E-state index contributed by atoms with van der Waals surface area (Å²) < 4.78 is 0. The molecule has 2 N–H and O–H groups in total. The summed E-state index contributed by atoms with van der Waals surface area (Å²) in [6.07, 6.45) is 3.52. The van der Waals surface area contributed by atoms with Crippen molar-refractivity contribution in [1.29, 1.82) is 0 Å². The molecule has 0 aromatic carbocycles. The van der Waals surface area contributed by atoms with Gasteiger partial charge in [-0.15, -0.1) is 46.7 Å². The molecule has 2 aromatic rings. The van der Waals surface area contributed by atoms with Crippen molar-refractivity contribution >= 4 is 52.6 Å². The van der Waals surface area contributed by atoms with Crippen LogP contribution in [0.1, 0.15) is 47.1 Å². The zero-order valence-corrected chi connectivity index (χ0v) is 21.7. The van der Waals surface area contributed by atoms with Gasteiger partial charge in [0.05, 0.1) is 17.2 Å². The molecule has 1 saturated heterocycles. The Morgan fingerprint density at radius 1 is 1.24 bits per heavy atom. The second-order valence-corrected chi connectivity index (χ2v) is 9.71. The quantitative estimate of drug-likeness (QED) is 0.287. The van der Waals surface area contributed by atoms with Gasteiger partial charge in [0.2, 0.25) is 0 Å². The monoisotopic (exact) mass is 547 g/mol. The van der Waals surface area contributed by atoms with Gasteiger partial charge in [-0.25, -0.2) is 9.98 Å². The van der Waals surface area contributed by atoms with E-state index >= 15 is 0 Å². The summed E-state index contributed by atoms with van der Waals surface area (Å²) in [5.41, 5.74) is 1.24. The molecule has 0 unspecified atom stereocenters. The van der Waals surface area contributed by atoms with Gasteiger partial charge in [-0.2, -0.15) is 0 Å². The van der Waals surface area contributed by atoms with E-state index in [9.17, 15) is 0 Å². The van der Waals surface area contributed by atoms with Crippen molar-refractivity contribution < 1.29 is 0 Å². The highest BCUT2D eigenvalue weighted by Gasteiger charge is 2.20. The van der Waals surface area contributed by atoms with Crippen LogP contribution < -0.4 is 10.6 Å². The number of hydrogen-bond acceptors (Lipinski definition) is 5. The molecule has 1 aliphatic heterocycles. The molecule has 0 radical (unpaired) electrons. The molecule has 3 rings (SSSR count). The summed E-state index contributed by atoms with van der Waals surface area (Å²) >= 11 is 3.62. The molecular weight excluding hydrogens is 513 g/mol. The largest absolute Gasteiger partial charge is 0.357 e. The number of aliphatic imine (C=N–C) groups is 1. The van der Waals surface area contributed by atoms with Gasteiger partial charge >= 0.3 is 0 Å². The number of guanidine groups is 1. The molecule has 1 aliphatic rings. The number of thiophene rings is 1. The average Bonchev–Trinajstić information content (AvgIpc) is 3.33. The van der Waals surface area contributed by atoms with E-state index in [0.717, 1.165) is 51.6 Å². The molecule has 0 atom stereocenters. The van der Waals surface area contributed by atoms with Gasteiger partial charge < -0.3 is 10.6 Å². The highest BCUT2D eigenvalue weighted by Crippen LogP contribution is 2.20. The van der Waals surface area contributed by atoms with E-state index in [0.29, 0.717) is 5.92 Å². The number of halogens is 1. The summed E-state index contributed by atoms with van der Waals surface area (Å²) in [5, 5.41) is 10.4. The summed E-state index contributed by atoms with van der Waals surface area (Å²) in [4.78, 5) is 14.7. The van der Waals surface area contributed by atoms with Crippen LogP contribution in [-0.4, -0.2) is 42.0 Å². The van der Waals surface area contributed by atoms with Crippen molar-refractivity contribution in [2.24, 2.45) is 10.9 Å². The lowest BCUT2D eigenvalue weighted by Crippen LogP contribution is -2.42. The van der Waals surface area contributed by atoms with Crippen LogP contribution in [0.4, 0.5) is 0 Å². The summed E-state index contributed by atoms with van der Waals surface area (Å²) in [7, 11) is 0. The van der Waals surface area contributed by atoms with Crippen LogP contribution in [0.2, 0.25) is 0 Å². The first-order valence-corrected chi connectivity index (χ1v) is 12.1. The lowest BCUT2D eigenvalue weighted by Gasteiger charge is -2.31. The number of piperidine rings is 1. The fraction of sp³-hybridized carbons (Fsp3) is 0.619. The third kappa shape index (κ3) is 8.15. The number of thiazole rings is 1. The van der Waals surface area contributed by atoms with E-state index in [4.69, 9.17) is 9.98 Å². The van der Waals surface area contributed by atoms with Crippen LogP contribution in [0.5, 0.6) is 0 Å². The second-order valence-electron chi connectivity index (χ2n) is 7.39. The van der Waals surface area contributed by atoms with E-state index < -0.39 is 0 Å². The van der Waals surface area contributed by atoms with Gasteiger partial charge in [0.1, 0.15) is 0 Å². The number of nitrogens with zero attached hydrogens (tertiary/aromatic N) is 3. The number of rotatable bonds is 8. The van der Waals surface area contributed by atoms with Crippen molar-refractivity contribution in [2.45, 2.75) is 53.1 Å². The molecule has 0 saturated carbocycles. The molecule has 1 fully saturated rings. The van der Waals surface area contributed by atoms with Crippen LogP contribution in [0.3, 0.4) is 0 Å². The van der Waals surface area contributed by atoms with Crippen molar-refractivity contribution in [3.8, 4) is 0 Å². The maximum absolute atomic E-state index is 4.75. The average molecular weight is 548 g/mol. The van der Waals surface area contributed by atoms with Crippen molar-refractivity contribution in [2.75, 3.05) is 26.2 Å². The normalized spacial score (nSPS) is 15.9. The maximum atomic E-state index is 4.75. The second kappa shape index (κ2) is 12.9. The highest BCUT2D eigenvalue weighted by molar-refractivity contribution is 14.0. The van der Waals surface area contributed by atoms with E-state index in [2.05, 4.69) is 53.8 Å². The van der Waals surface area contributed by atoms with E-state index in [1.54, 1.807) is 11.3 Å². The smallest absolute Gasteiger partial charge is 0.191 e. The lowest BCUT2D eigenvalue weighted by molar-refractivity contribution is 0.176. The Balaban J connectivity index is 0.00000300. The summed E-state index contributed by atoms with van der Waals surface area (Å²) in [6.45, 7) is 12.4. The Labute approximate surface area is 200 Å². The van der Waals surface area contributed by atoms with Gasteiger partial charge in [0, 0.05) is 34.8 Å². The third-order valence-corrected chi connectivity index (χ3v) is 7.11. The lowest BCUT2D eigenvalue weighted by atomic mass is 9.97. The zero-order valence-electron chi connectivity index (χ0n) is 17.7. The molecule has 29 heavy (non-hydrogen) atoms. The Bertz CT molecular complexity index is 750. The third-order valence-electron chi connectivity index (χ3n) is 5.09. The zero-order chi connectivity index (χ0) is 19.8. The van der Waals surface area contributed by atoms with Crippen LogP contribution in [0, 0.1) is 12.8 Å². The molecule has 8 heteroatoms. The fourth-order valence-electron chi connectivity index (χ4n) is 3.47. The first-order valence-electron chi connectivity index (χ1n) is 10.4. The number of nitrogens with one attached hydrogen (secondary N) is 2. The summed E-state index contributed by atoms with van der Waals surface area (Å²) in [5.74, 6) is 1.65. The van der Waals surface area contributed by atoms with Gasteiger partial charge in [-0.05, 0) is 64.3 Å². The van der Waals surface area contributed by atoms with Gasteiger partial charge in [0.15, 0.2) is 5.96 Å². The molecule has 0 spiro atoms. The van der Waals surface area contributed by atoms with Gasteiger partial charge in [-0.1, -0.05) is 6.92 Å². The Hall–Kier alpha value is -0.710. The minimum absolute atomic E-state index is 0.